The predicted octanol–water partition coefficient (Wildman–Crippen LogP) is 2.86. The average Bonchev–Trinajstić information content (AvgIpc) is 2.70. The molecule has 2 atom stereocenters. The van der Waals surface area contributed by atoms with Crippen LogP contribution in [0.3, 0.4) is 0 Å². The fourth-order valence-corrected chi connectivity index (χ4v) is 2.24. The van der Waals surface area contributed by atoms with Crippen molar-refractivity contribution in [2.45, 2.75) is 44.5 Å². The van der Waals surface area contributed by atoms with Crippen LogP contribution in [0.15, 0.2) is 24.3 Å². The largest absolute Gasteiger partial charge is 0.507 e. The van der Waals surface area contributed by atoms with Crippen LogP contribution in [0, 0.1) is 5.82 Å². The van der Waals surface area contributed by atoms with Gasteiger partial charge in [-0.1, -0.05) is 12.2 Å². The molecular weight excluding hydrogens is 247 g/mol. The van der Waals surface area contributed by atoms with Gasteiger partial charge in [0.15, 0.2) is 0 Å². The molecule has 0 aromatic heterocycles. The monoisotopic (exact) mass is 266 g/mol. The van der Waals surface area contributed by atoms with Gasteiger partial charge in [-0.05, 0) is 44.9 Å². The summed E-state index contributed by atoms with van der Waals surface area (Å²) < 4.78 is 18.8. The summed E-state index contributed by atoms with van der Waals surface area (Å²) in [5.41, 5.74) is 0.136. The maximum Gasteiger partial charge on any atom is 0.124 e. The van der Waals surface area contributed by atoms with Crippen molar-refractivity contribution in [3.05, 3.63) is 35.7 Å². The summed E-state index contributed by atoms with van der Waals surface area (Å²) in [7, 11) is 0. The van der Waals surface area contributed by atoms with E-state index in [1.165, 1.54) is 30.4 Å². The summed E-state index contributed by atoms with van der Waals surface area (Å²) >= 11 is 0. The van der Waals surface area contributed by atoms with Crippen LogP contribution in [0.5, 0.6) is 5.75 Å². The van der Waals surface area contributed by atoms with E-state index in [-0.39, 0.29) is 17.5 Å². The second-order valence-corrected chi connectivity index (χ2v) is 5.51. The molecule has 104 valence electrons. The van der Waals surface area contributed by atoms with E-state index in [9.17, 15) is 14.6 Å². The first-order chi connectivity index (χ1) is 8.87. The molecule has 1 aromatic carbocycles. The van der Waals surface area contributed by atoms with Crippen molar-refractivity contribution in [2.75, 3.05) is 0 Å². The van der Waals surface area contributed by atoms with Crippen molar-refractivity contribution in [1.82, 2.24) is 0 Å². The molecule has 1 saturated heterocycles. The first-order valence-electron chi connectivity index (χ1n) is 6.40. The van der Waals surface area contributed by atoms with Crippen molar-refractivity contribution in [3.8, 4) is 5.75 Å². The molecule has 0 bridgehead atoms. The summed E-state index contributed by atoms with van der Waals surface area (Å²) in [5, 5.41) is 19.6. The normalized spacial score (nSPS) is 23.9. The molecule has 3 nitrogen and oxygen atoms in total. The Morgan fingerprint density at radius 1 is 1.47 bits per heavy atom. The van der Waals surface area contributed by atoms with Gasteiger partial charge in [0.2, 0.25) is 0 Å². The molecule has 2 rings (SSSR count). The Kier molecular flexibility index (Phi) is 3.92. The first kappa shape index (κ1) is 14.0. The maximum atomic E-state index is 13.0. The molecule has 0 aliphatic carbocycles. The van der Waals surface area contributed by atoms with Gasteiger partial charge < -0.3 is 14.9 Å². The summed E-state index contributed by atoms with van der Waals surface area (Å²) in [6.45, 7) is 3.98. The lowest BCUT2D eigenvalue weighted by molar-refractivity contribution is -0.0567. The highest BCUT2D eigenvalue weighted by atomic mass is 19.1. The number of halogens is 1. The number of rotatable bonds is 3. The molecule has 19 heavy (non-hydrogen) atoms. The highest BCUT2D eigenvalue weighted by Crippen LogP contribution is 2.31. The highest BCUT2D eigenvalue weighted by Gasteiger charge is 2.34. The molecule has 1 fully saturated rings. The van der Waals surface area contributed by atoms with Crippen LogP contribution in [0.25, 0.3) is 6.08 Å². The van der Waals surface area contributed by atoms with Crippen molar-refractivity contribution in [1.29, 1.82) is 0 Å². The predicted molar refractivity (Wildman–Crippen MR) is 71.3 cm³/mol. The van der Waals surface area contributed by atoms with E-state index >= 15 is 0 Å². The molecule has 4 heteroatoms. The van der Waals surface area contributed by atoms with Gasteiger partial charge in [0.25, 0.3) is 0 Å². The third-order valence-corrected chi connectivity index (χ3v) is 3.34. The number of aromatic hydroxyl groups is 1. The van der Waals surface area contributed by atoms with Crippen molar-refractivity contribution >= 4 is 6.08 Å². The lowest BCUT2D eigenvalue weighted by Crippen LogP contribution is -2.27. The summed E-state index contributed by atoms with van der Waals surface area (Å²) in [6.07, 6.45) is 3.71. The average molecular weight is 266 g/mol. The van der Waals surface area contributed by atoms with Crippen LogP contribution in [0.4, 0.5) is 4.39 Å². The fourth-order valence-electron chi connectivity index (χ4n) is 2.24. The Morgan fingerprint density at radius 2 is 2.21 bits per heavy atom. The van der Waals surface area contributed by atoms with Crippen LogP contribution >= 0.6 is 0 Å². The molecule has 1 aliphatic heterocycles. The van der Waals surface area contributed by atoms with Crippen LogP contribution in [0.2, 0.25) is 0 Å². The Hall–Kier alpha value is -1.39. The smallest absolute Gasteiger partial charge is 0.124 e. The number of phenols is 1. The number of ether oxygens (including phenoxy) is 1. The SMILES string of the molecule is CC1(C)CC[C@@H](C(O)C=Cc2cc(F)ccc2O)O1. The second-order valence-electron chi connectivity index (χ2n) is 5.51. The van der Waals surface area contributed by atoms with Crippen molar-refractivity contribution in [3.63, 3.8) is 0 Å². The van der Waals surface area contributed by atoms with Gasteiger partial charge in [0, 0.05) is 5.56 Å². The van der Waals surface area contributed by atoms with Crippen LogP contribution in [-0.2, 0) is 4.74 Å². The molecule has 1 aromatic rings. The number of aliphatic hydroxyl groups is 1. The van der Waals surface area contributed by atoms with Gasteiger partial charge in [0.05, 0.1) is 17.8 Å². The zero-order valence-corrected chi connectivity index (χ0v) is 11.1. The van der Waals surface area contributed by atoms with E-state index in [1.54, 1.807) is 0 Å². The minimum Gasteiger partial charge on any atom is -0.507 e. The maximum absolute atomic E-state index is 13.0. The molecule has 1 unspecified atom stereocenters. The number of phenolic OH excluding ortho intramolecular Hbond substituents is 1. The van der Waals surface area contributed by atoms with E-state index in [4.69, 9.17) is 4.74 Å². The van der Waals surface area contributed by atoms with E-state index in [2.05, 4.69) is 0 Å². The van der Waals surface area contributed by atoms with E-state index < -0.39 is 11.9 Å². The van der Waals surface area contributed by atoms with Crippen LogP contribution in [-0.4, -0.2) is 28.0 Å². The van der Waals surface area contributed by atoms with E-state index in [0.29, 0.717) is 5.56 Å². The highest BCUT2D eigenvalue weighted by molar-refractivity contribution is 5.57. The van der Waals surface area contributed by atoms with Gasteiger partial charge >= 0.3 is 0 Å². The zero-order valence-electron chi connectivity index (χ0n) is 11.1. The van der Waals surface area contributed by atoms with Gasteiger partial charge in [-0.3, -0.25) is 0 Å². The third-order valence-electron chi connectivity index (χ3n) is 3.34. The summed E-state index contributed by atoms with van der Waals surface area (Å²) in [4.78, 5) is 0. The Morgan fingerprint density at radius 3 is 2.84 bits per heavy atom. The van der Waals surface area contributed by atoms with Crippen molar-refractivity contribution in [2.24, 2.45) is 0 Å². The van der Waals surface area contributed by atoms with Crippen molar-refractivity contribution < 1.29 is 19.3 Å². The fraction of sp³-hybridized carbons (Fsp3) is 0.467. The zero-order chi connectivity index (χ0) is 14.0. The van der Waals surface area contributed by atoms with Crippen LogP contribution < -0.4 is 0 Å². The third kappa shape index (κ3) is 3.55. The van der Waals surface area contributed by atoms with E-state index in [1.807, 2.05) is 13.8 Å². The summed E-state index contributed by atoms with van der Waals surface area (Å²) in [6, 6.07) is 3.69. The molecule has 0 saturated carbocycles. The standard InChI is InChI=1S/C15H19FO3/c1-15(2)8-7-14(19-15)13(18)5-3-10-9-11(16)4-6-12(10)17/h3-6,9,13-14,17-18H,7-8H2,1-2H3/t13?,14-/m0/s1. The quantitative estimate of drug-likeness (QED) is 0.884. The molecule has 1 aliphatic rings. The molecular formula is C15H19FO3. The van der Waals surface area contributed by atoms with Gasteiger partial charge in [-0.2, -0.15) is 0 Å². The number of hydrogen-bond donors (Lipinski definition) is 2. The first-order valence-corrected chi connectivity index (χ1v) is 6.40. The molecule has 0 radical (unpaired) electrons. The second kappa shape index (κ2) is 5.31. The Bertz CT molecular complexity index is 482. The van der Waals surface area contributed by atoms with Gasteiger partial charge in [-0.15, -0.1) is 0 Å². The minimum atomic E-state index is -0.760. The minimum absolute atomic E-state index is 0.0162. The lowest BCUT2D eigenvalue weighted by Gasteiger charge is -2.21. The summed E-state index contributed by atoms with van der Waals surface area (Å²) in [5.74, 6) is -0.442. The molecule has 0 amide bonds. The number of hydrogen-bond acceptors (Lipinski definition) is 3. The molecule has 1 heterocycles. The van der Waals surface area contributed by atoms with Gasteiger partial charge in [0.1, 0.15) is 11.6 Å². The Balaban J connectivity index is 2.04. The molecule has 0 spiro atoms. The van der Waals surface area contributed by atoms with Crippen LogP contribution in [0.1, 0.15) is 32.3 Å². The van der Waals surface area contributed by atoms with Gasteiger partial charge in [-0.25, -0.2) is 4.39 Å². The molecule has 2 N–H and O–H groups in total. The number of benzene rings is 1. The Labute approximate surface area is 112 Å². The number of aliphatic hydroxyl groups excluding tert-OH is 1. The lowest BCUT2D eigenvalue weighted by atomic mass is 10.0. The topological polar surface area (TPSA) is 49.7 Å². The van der Waals surface area contributed by atoms with E-state index in [0.717, 1.165) is 12.8 Å².